The Morgan fingerprint density at radius 3 is 2.31 bits per heavy atom. The third-order valence-corrected chi connectivity index (χ3v) is 14.3. The van der Waals surface area contributed by atoms with E-state index in [2.05, 4.69) is 32.4 Å². The zero-order valence-corrected chi connectivity index (χ0v) is 43.1. The topological polar surface area (TPSA) is 216 Å². The summed E-state index contributed by atoms with van der Waals surface area (Å²) >= 11 is 7.17. The van der Waals surface area contributed by atoms with E-state index in [0.29, 0.717) is 85.0 Å². The van der Waals surface area contributed by atoms with Gasteiger partial charge in [-0.2, -0.15) is 4.98 Å². The maximum absolute atomic E-state index is 14.9. The Balaban J connectivity index is 1.05. The summed E-state index contributed by atoms with van der Waals surface area (Å²) in [6.45, 7) is 22.0. The van der Waals surface area contributed by atoms with E-state index < -0.39 is 58.6 Å². The molecule has 19 nitrogen and oxygen atoms in total. The smallest absolute Gasteiger partial charge is 0.410 e. The predicted octanol–water partition coefficient (Wildman–Crippen LogP) is 6.82. The molecule has 0 spiro atoms. The van der Waals surface area contributed by atoms with Crippen LogP contribution in [0.15, 0.2) is 41.5 Å². The fraction of sp³-hybridized carbons (Fsp3) is 0.627. The van der Waals surface area contributed by atoms with E-state index >= 15 is 0 Å². The Morgan fingerprint density at radius 2 is 1.68 bits per heavy atom. The molecule has 3 saturated carbocycles. The van der Waals surface area contributed by atoms with Gasteiger partial charge in [0.05, 0.1) is 24.9 Å². The monoisotopic (exact) mass is 1000 g/mol. The highest BCUT2D eigenvalue weighted by Gasteiger charge is 2.62. The van der Waals surface area contributed by atoms with Crippen molar-refractivity contribution in [3.05, 3.63) is 42.1 Å². The molecule has 2 aromatic heterocycles. The maximum Gasteiger partial charge on any atom is 0.410 e. The van der Waals surface area contributed by atoms with Crippen LogP contribution in [0.5, 0.6) is 11.5 Å². The van der Waals surface area contributed by atoms with Crippen molar-refractivity contribution < 1.29 is 52.1 Å². The van der Waals surface area contributed by atoms with Crippen molar-refractivity contribution in [2.24, 2.45) is 23.2 Å². The molecule has 8 atom stereocenters. The van der Waals surface area contributed by atoms with Gasteiger partial charge < -0.3 is 53.9 Å². The van der Waals surface area contributed by atoms with Crippen LogP contribution in [-0.4, -0.2) is 149 Å². The predicted molar refractivity (Wildman–Crippen MR) is 264 cm³/mol. The minimum absolute atomic E-state index is 0.0201. The van der Waals surface area contributed by atoms with Crippen LogP contribution >= 0.6 is 11.6 Å². The Labute approximate surface area is 420 Å². The van der Waals surface area contributed by atoms with E-state index in [1.165, 1.54) is 18.3 Å². The number of pyridine rings is 1. The fourth-order valence-corrected chi connectivity index (χ4v) is 10.2. The number of amides is 4. The first-order valence-corrected chi connectivity index (χ1v) is 25.1. The summed E-state index contributed by atoms with van der Waals surface area (Å²) in [5.74, 6) is -0.182. The van der Waals surface area contributed by atoms with E-state index in [-0.39, 0.29) is 54.6 Å². The molecule has 71 heavy (non-hydrogen) atoms. The second kappa shape index (κ2) is 20.4. The number of halogens is 1. The Morgan fingerprint density at radius 1 is 0.958 bits per heavy atom. The lowest BCUT2D eigenvalue weighted by atomic mass is 9.85. The average molecular weight is 1010 g/mol. The number of carbonyl (C=O) groups is 5. The number of nitrogens with zero attached hydrogens (tertiary/aromatic N) is 5. The van der Waals surface area contributed by atoms with Gasteiger partial charge in [-0.3, -0.25) is 14.5 Å². The number of alkyl carbamates (subject to hydrolysis) is 1. The summed E-state index contributed by atoms with van der Waals surface area (Å²) < 4.78 is 35.3. The molecule has 5 fully saturated rings. The van der Waals surface area contributed by atoms with Crippen LogP contribution in [0.1, 0.15) is 87.5 Å². The van der Waals surface area contributed by atoms with Crippen molar-refractivity contribution in [3.8, 4) is 22.9 Å². The summed E-state index contributed by atoms with van der Waals surface area (Å²) in [5, 5.41) is 9.67. The van der Waals surface area contributed by atoms with Gasteiger partial charge in [0, 0.05) is 62.6 Å². The highest BCUT2D eigenvalue weighted by atomic mass is 35.5. The van der Waals surface area contributed by atoms with Gasteiger partial charge in [0.2, 0.25) is 11.8 Å². The molecule has 386 valence electrons. The number of piperazine rings is 1. The minimum Gasteiger partial charge on any atom is -0.491 e. The highest BCUT2D eigenvalue weighted by molar-refractivity contribution is 6.36. The number of aromatic nitrogens is 2. The van der Waals surface area contributed by atoms with Crippen LogP contribution in [0.3, 0.4) is 0 Å². The molecule has 20 heteroatoms. The van der Waals surface area contributed by atoms with Crippen molar-refractivity contribution in [3.63, 3.8) is 0 Å². The molecule has 4 heterocycles. The van der Waals surface area contributed by atoms with E-state index in [9.17, 15) is 24.0 Å². The first-order chi connectivity index (χ1) is 33.5. The average Bonchev–Trinajstić information content (AvgIpc) is 3.97. The van der Waals surface area contributed by atoms with Gasteiger partial charge in [-0.1, -0.05) is 38.4 Å². The molecule has 2 aliphatic heterocycles. The third-order valence-electron chi connectivity index (χ3n) is 13.9. The highest BCUT2D eigenvalue weighted by Crippen LogP contribution is 2.52. The third kappa shape index (κ3) is 11.8. The fourth-order valence-electron chi connectivity index (χ4n) is 9.93. The van der Waals surface area contributed by atoms with Crippen LogP contribution in [0, 0.1) is 23.2 Å². The molecule has 0 radical (unpaired) electrons. The number of benzene rings is 1. The van der Waals surface area contributed by atoms with Gasteiger partial charge in [0.15, 0.2) is 0 Å². The number of ether oxygens (including phenoxy) is 5. The summed E-state index contributed by atoms with van der Waals surface area (Å²) in [4.78, 5) is 83.6. The van der Waals surface area contributed by atoms with Crippen LogP contribution in [-0.2, 0) is 28.6 Å². The quantitative estimate of drug-likeness (QED) is 0.0763. The normalized spacial score (nSPS) is 25.5. The van der Waals surface area contributed by atoms with Crippen LogP contribution in [0.4, 0.5) is 15.6 Å². The summed E-state index contributed by atoms with van der Waals surface area (Å²) in [5.41, 5.74) is -1.60. The number of esters is 1. The Bertz CT molecular complexity index is 2500. The largest absolute Gasteiger partial charge is 0.491 e. The van der Waals surface area contributed by atoms with Gasteiger partial charge in [-0.15, -0.1) is 6.58 Å². The number of carbonyl (C=O) groups excluding carboxylic acids is 5. The van der Waals surface area contributed by atoms with Gasteiger partial charge >= 0.3 is 18.2 Å². The first-order valence-electron chi connectivity index (χ1n) is 24.7. The van der Waals surface area contributed by atoms with Crippen LogP contribution in [0.2, 0.25) is 5.02 Å². The van der Waals surface area contributed by atoms with Crippen molar-refractivity contribution in [2.75, 3.05) is 58.3 Å². The molecular weight excluding hydrogens is 936 g/mol. The Hall–Kier alpha value is -5.82. The summed E-state index contributed by atoms with van der Waals surface area (Å²) in [7, 11) is 1.26. The number of likely N-dealkylation sites (tertiary alicyclic amines) is 1. The number of fused-ring (bicyclic) bond motifs is 2. The zero-order valence-electron chi connectivity index (χ0n) is 42.3. The number of oxazole rings is 1. The van der Waals surface area contributed by atoms with Crippen LogP contribution < -0.4 is 25.4 Å². The number of methoxy groups -OCH3 is 1. The van der Waals surface area contributed by atoms with E-state index in [4.69, 9.17) is 44.7 Å². The molecule has 1 aromatic carbocycles. The van der Waals surface area contributed by atoms with Crippen molar-refractivity contribution >= 4 is 58.5 Å². The molecule has 4 amide bonds. The number of nitrogens with one attached hydrogen (secondary N) is 3. The molecule has 1 unspecified atom stereocenters. The molecule has 3 aliphatic carbocycles. The van der Waals surface area contributed by atoms with Gasteiger partial charge in [0.25, 0.3) is 6.01 Å². The minimum atomic E-state index is -1.33. The van der Waals surface area contributed by atoms with Gasteiger partial charge in [0.1, 0.15) is 70.5 Å². The molecule has 8 rings (SSSR count). The number of anilines is 1. The van der Waals surface area contributed by atoms with Gasteiger partial charge in [-0.25, -0.2) is 19.4 Å². The van der Waals surface area contributed by atoms with Crippen molar-refractivity contribution in [1.82, 2.24) is 35.3 Å². The molecule has 2 saturated heterocycles. The summed E-state index contributed by atoms with van der Waals surface area (Å²) in [6, 6.07) is 3.35. The van der Waals surface area contributed by atoms with Crippen molar-refractivity contribution in [1.29, 1.82) is 0 Å². The van der Waals surface area contributed by atoms with E-state index in [1.807, 2.05) is 55.4 Å². The number of hydrogen-bond acceptors (Lipinski definition) is 15. The molecule has 3 N–H and O–H groups in total. The van der Waals surface area contributed by atoms with E-state index in [1.54, 1.807) is 29.2 Å². The standard InChI is InChI=1S/C51H69ClN8O11/c1-11-31-25-51(31,45(63)66-10)57-43(61)37-23-33(26-60(37)44(62)42(49(4,5)6)56-47(64)70-32-21-29-20-30(29)22-32)69-39-24-35(36-27-68-46(55-36)53-28(2)3)54-41-34(39)12-13-38(40(41)52)67-19-18-58-14-16-59(17-15-58)48(65)71-50(7,8)9/h11-13,24,27-33,37,42H,1,14-23,25-26H2,2-10H3,(H,53,55)(H,56,64)(H,57,61)/t29-,30+,31-,32?,33+,37+,42-,51-/m1/s1. The second-order valence-electron chi connectivity index (χ2n) is 22.0. The lowest BCUT2D eigenvalue weighted by Gasteiger charge is -2.35. The lowest BCUT2D eigenvalue weighted by molar-refractivity contribution is -0.148. The molecule has 3 aromatic rings. The van der Waals surface area contributed by atoms with E-state index in [0.717, 1.165) is 19.3 Å². The second-order valence-corrected chi connectivity index (χ2v) is 22.3. The van der Waals surface area contributed by atoms with Gasteiger partial charge in [-0.05, 0) is 89.7 Å². The molecule has 5 aliphatic rings. The first kappa shape index (κ1) is 51.5. The zero-order chi connectivity index (χ0) is 51.2. The summed E-state index contributed by atoms with van der Waals surface area (Å²) in [6.07, 6.45) is 4.15. The number of rotatable bonds is 16. The SMILES string of the molecule is C=C[C@@H]1C[C@]1(NC(=O)[C@@H]1C[C@H](Oc2cc(-c3coc(NC(C)C)n3)nc3c(Cl)c(OCCN4CCN(C(=O)OC(C)(C)C)CC4)ccc23)CN1C(=O)[C@@H](NC(=O)OC1C[C@@H]2C[C@@H]2C1)C(C)(C)C)C(=O)OC. The molecule has 0 bridgehead atoms. The number of hydrogen-bond donors (Lipinski definition) is 3. The maximum atomic E-state index is 14.9. The molecular formula is C51H69ClN8O11. The van der Waals surface area contributed by atoms with Crippen molar-refractivity contribution in [2.45, 2.75) is 129 Å². The Kier molecular flexibility index (Phi) is 14.8. The van der Waals surface area contributed by atoms with Crippen LogP contribution in [0.25, 0.3) is 22.3 Å². The lowest BCUT2D eigenvalue weighted by Crippen LogP contribution is -2.59.